The van der Waals surface area contributed by atoms with Crippen molar-refractivity contribution in [2.24, 2.45) is 0 Å². The molecule has 0 unspecified atom stereocenters. The third-order valence-electron chi connectivity index (χ3n) is 3.77. The maximum atomic E-state index is 12.2. The summed E-state index contributed by atoms with van der Waals surface area (Å²) >= 11 is 4.75. The number of amides is 1. The summed E-state index contributed by atoms with van der Waals surface area (Å²) in [6.07, 6.45) is 2.50. The predicted molar refractivity (Wildman–Crippen MR) is 113 cm³/mol. The largest absolute Gasteiger partial charge is 0.325 e. The molecule has 0 saturated carbocycles. The van der Waals surface area contributed by atoms with Crippen molar-refractivity contribution < 1.29 is 4.79 Å². The van der Waals surface area contributed by atoms with E-state index >= 15 is 0 Å². The monoisotopic (exact) mass is 442 g/mol. The highest BCUT2D eigenvalue weighted by Gasteiger charge is 2.14. The zero-order valence-corrected chi connectivity index (χ0v) is 17.0. The normalized spacial score (nSPS) is 10.6. The maximum absolute atomic E-state index is 12.2. The van der Waals surface area contributed by atoms with Gasteiger partial charge in [-0.3, -0.25) is 4.79 Å². The molecule has 3 aromatic rings. The predicted octanol–water partition coefficient (Wildman–Crippen LogP) is 4.55. The molecule has 3 rings (SSSR count). The van der Waals surface area contributed by atoms with E-state index in [1.54, 1.807) is 0 Å². The van der Waals surface area contributed by atoms with Gasteiger partial charge in [0.15, 0.2) is 5.16 Å². The van der Waals surface area contributed by atoms with E-state index in [0.717, 1.165) is 16.0 Å². The van der Waals surface area contributed by atoms with E-state index in [1.165, 1.54) is 17.3 Å². The third-order valence-corrected chi connectivity index (χ3v) is 5.27. The minimum Gasteiger partial charge on any atom is -0.325 e. The van der Waals surface area contributed by atoms with Crippen LogP contribution >= 0.6 is 27.7 Å². The molecule has 0 aliphatic carbocycles. The van der Waals surface area contributed by atoms with Crippen molar-refractivity contribution in [3.63, 3.8) is 0 Å². The molecule has 0 atom stereocenters. The number of allylic oxidation sites excluding steroid dienone is 1. The minimum absolute atomic E-state index is 0.0833. The highest BCUT2D eigenvalue weighted by Crippen LogP contribution is 2.20. The summed E-state index contributed by atoms with van der Waals surface area (Å²) in [5.74, 6) is 1.04. The van der Waals surface area contributed by atoms with Crippen LogP contribution in [-0.2, 0) is 17.8 Å². The van der Waals surface area contributed by atoms with E-state index in [-0.39, 0.29) is 11.7 Å². The number of nitrogens with one attached hydrogen (secondary N) is 1. The maximum Gasteiger partial charge on any atom is 0.234 e. The van der Waals surface area contributed by atoms with Crippen LogP contribution in [0.4, 0.5) is 5.69 Å². The highest BCUT2D eigenvalue weighted by atomic mass is 79.9. The topological polar surface area (TPSA) is 59.8 Å². The van der Waals surface area contributed by atoms with Gasteiger partial charge >= 0.3 is 0 Å². The summed E-state index contributed by atoms with van der Waals surface area (Å²) in [6.45, 7) is 4.42. The number of halogens is 1. The van der Waals surface area contributed by atoms with Gasteiger partial charge in [0.2, 0.25) is 5.91 Å². The molecule has 0 radical (unpaired) electrons. The van der Waals surface area contributed by atoms with Gasteiger partial charge in [-0.2, -0.15) is 0 Å². The Bertz CT molecular complexity index is 909. The fourth-order valence-electron chi connectivity index (χ4n) is 2.51. The van der Waals surface area contributed by atoms with E-state index < -0.39 is 0 Å². The van der Waals surface area contributed by atoms with Crippen molar-refractivity contribution in [1.29, 1.82) is 0 Å². The Morgan fingerprint density at radius 2 is 1.89 bits per heavy atom. The molecule has 5 nitrogen and oxygen atoms in total. The van der Waals surface area contributed by atoms with Gasteiger partial charge in [0, 0.05) is 23.1 Å². The minimum atomic E-state index is -0.0833. The average molecular weight is 443 g/mol. The molecular weight excluding hydrogens is 424 g/mol. The van der Waals surface area contributed by atoms with Crippen LogP contribution in [0.5, 0.6) is 0 Å². The van der Waals surface area contributed by atoms with Crippen molar-refractivity contribution in [3.8, 4) is 0 Å². The molecule has 1 N–H and O–H groups in total. The molecular formula is C20H19BrN4OS. The number of thioether (sulfide) groups is 1. The molecule has 0 fully saturated rings. The Morgan fingerprint density at radius 1 is 1.15 bits per heavy atom. The molecule has 138 valence electrons. The molecule has 1 heterocycles. The molecule has 1 aromatic heterocycles. The fraction of sp³-hybridized carbons (Fsp3) is 0.150. The number of benzene rings is 2. The van der Waals surface area contributed by atoms with Crippen LogP contribution in [0.3, 0.4) is 0 Å². The van der Waals surface area contributed by atoms with Crippen molar-refractivity contribution in [2.45, 2.75) is 18.1 Å². The lowest BCUT2D eigenvalue weighted by molar-refractivity contribution is -0.113. The molecule has 1 amide bonds. The summed E-state index contributed by atoms with van der Waals surface area (Å²) in [6, 6.07) is 17.6. The van der Waals surface area contributed by atoms with E-state index in [2.05, 4.69) is 50.2 Å². The number of carbonyl (C=O) groups is 1. The summed E-state index contributed by atoms with van der Waals surface area (Å²) < 4.78 is 2.97. The SMILES string of the molecule is C=CCn1c(Cc2ccccc2)nnc1SCC(=O)Nc1ccc(Br)cc1. The fourth-order valence-corrected chi connectivity index (χ4v) is 3.54. The first-order valence-corrected chi connectivity index (χ1v) is 10.2. The first-order chi connectivity index (χ1) is 13.2. The van der Waals surface area contributed by atoms with Crippen molar-refractivity contribution >= 4 is 39.3 Å². The third kappa shape index (κ3) is 5.55. The van der Waals surface area contributed by atoms with Gasteiger partial charge in [0.1, 0.15) is 5.82 Å². The lowest BCUT2D eigenvalue weighted by Crippen LogP contribution is -2.14. The highest BCUT2D eigenvalue weighted by molar-refractivity contribution is 9.10. The standard InChI is InChI=1S/C20H19BrN4OS/c1-2-12-25-18(13-15-6-4-3-5-7-15)23-24-20(25)27-14-19(26)22-17-10-8-16(21)9-11-17/h2-11H,1,12-14H2,(H,22,26). The van der Waals surface area contributed by atoms with E-state index in [0.29, 0.717) is 18.1 Å². The van der Waals surface area contributed by atoms with Crippen LogP contribution < -0.4 is 5.32 Å². The second-order valence-corrected chi connectivity index (χ2v) is 7.66. The van der Waals surface area contributed by atoms with Crippen LogP contribution in [0, 0.1) is 0 Å². The van der Waals surface area contributed by atoms with Crippen molar-refractivity contribution in [2.75, 3.05) is 11.1 Å². The number of hydrogen-bond donors (Lipinski definition) is 1. The second kappa shape index (κ2) is 9.53. The van der Waals surface area contributed by atoms with Gasteiger partial charge in [0.25, 0.3) is 0 Å². The number of nitrogens with zero attached hydrogens (tertiary/aromatic N) is 3. The van der Waals surface area contributed by atoms with Crippen molar-refractivity contribution in [3.05, 3.63) is 83.1 Å². The zero-order chi connectivity index (χ0) is 19.1. The second-order valence-electron chi connectivity index (χ2n) is 5.80. The zero-order valence-electron chi connectivity index (χ0n) is 14.6. The lowest BCUT2D eigenvalue weighted by Gasteiger charge is -2.08. The smallest absolute Gasteiger partial charge is 0.234 e. The Hall–Kier alpha value is -2.38. The lowest BCUT2D eigenvalue weighted by atomic mass is 10.1. The summed E-state index contributed by atoms with van der Waals surface area (Å²) in [4.78, 5) is 12.2. The van der Waals surface area contributed by atoms with Gasteiger partial charge in [-0.15, -0.1) is 16.8 Å². The molecule has 0 aliphatic heterocycles. The Labute approximate surface area is 171 Å². The van der Waals surface area contributed by atoms with Crippen LogP contribution in [-0.4, -0.2) is 26.4 Å². The van der Waals surface area contributed by atoms with Gasteiger partial charge < -0.3 is 9.88 Å². The van der Waals surface area contributed by atoms with Gasteiger partial charge in [-0.1, -0.05) is 64.1 Å². The van der Waals surface area contributed by atoms with Gasteiger partial charge in [-0.25, -0.2) is 0 Å². The van der Waals surface area contributed by atoms with Gasteiger partial charge in [0.05, 0.1) is 5.75 Å². The van der Waals surface area contributed by atoms with Crippen LogP contribution in [0.2, 0.25) is 0 Å². The number of aromatic nitrogens is 3. The van der Waals surface area contributed by atoms with Crippen LogP contribution in [0.1, 0.15) is 11.4 Å². The summed E-state index contributed by atoms with van der Waals surface area (Å²) in [7, 11) is 0. The average Bonchev–Trinajstić information content (AvgIpc) is 3.05. The van der Waals surface area contributed by atoms with E-state index in [4.69, 9.17) is 0 Å². The van der Waals surface area contributed by atoms with Gasteiger partial charge in [-0.05, 0) is 29.8 Å². The van der Waals surface area contributed by atoms with E-state index in [1.807, 2.05) is 53.1 Å². The summed E-state index contributed by atoms with van der Waals surface area (Å²) in [5, 5.41) is 12.2. The molecule has 27 heavy (non-hydrogen) atoms. The molecule has 0 aliphatic rings. The molecule has 0 spiro atoms. The number of hydrogen-bond acceptors (Lipinski definition) is 4. The molecule has 7 heteroatoms. The first kappa shape index (κ1) is 19.4. The Morgan fingerprint density at radius 3 is 2.59 bits per heavy atom. The number of anilines is 1. The van der Waals surface area contributed by atoms with Crippen molar-refractivity contribution in [1.82, 2.24) is 14.8 Å². The Kier molecular flexibility index (Phi) is 6.84. The number of carbonyl (C=O) groups excluding carboxylic acids is 1. The number of rotatable bonds is 8. The van der Waals surface area contributed by atoms with E-state index in [9.17, 15) is 4.79 Å². The Balaban J connectivity index is 1.64. The molecule has 2 aromatic carbocycles. The summed E-state index contributed by atoms with van der Waals surface area (Å²) in [5.41, 5.74) is 1.93. The van der Waals surface area contributed by atoms with Crippen LogP contribution in [0.15, 0.2) is 76.9 Å². The molecule has 0 bridgehead atoms. The first-order valence-electron chi connectivity index (χ1n) is 8.41. The van der Waals surface area contributed by atoms with Crippen LogP contribution in [0.25, 0.3) is 0 Å². The quantitative estimate of drug-likeness (QED) is 0.410. The molecule has 0 saturated heterocycles.